The van der Waals surface area contributed by atoms with Crippen molar-refractivity contribution in [2.24, 2.45) is 0 Å². The monoisotopic (exact) mass is 350 g/mol. The Balaban J connectivity index is 2.00. The predicted molar refractivity (Wildman–Crippen MR) is 88.9 cm³/mol. The Bertz CT molecular complexity index is 885. The second-order valence-corrected chi connectivity index (χ2v) is 7.89. The first-order valence-electron chi connectivity index (χ1n) is 7.87. The maximum atomic E-state index is 13.1. The summed E-state index contributed by atoms with van der Waals surface area (Å²) in [5, 5.41) is 0. The van der Waals surface area contributed by atoms with Crippen LogP contribution in [-0.2, 0) is 10.0 Å². The Kier molecular flexibility index (Phi) is 4.56. The van der Waals surface area contributed by atoms with E-state index < -0.39 is 16.1 Å². The Morgan fingerprint density at radius 3 is 2.29 bits per heavy atom. The molecule has 0 saturated carbocycles. The number of nitrogens with zero attached hydrogens (tertiary/aromatic N) is 2. The van der Waals surface area contributed by atoms with Crippen LogP contribution in [-0.4, -0.2) is 30.4 Å². The van der Waals surface area contributed by atoms with E-state index in [1.165, 1.54) is 39.3 Å². The molecule has 0 N–H and O–H groups in total. The fourth-order valence-corrected chi connectivity index (χ4v) is 4.44. The van der Waals surface area contributed by atoms with Gasteiger partial charge in [-0.25, -0.2) is 12.8 Å². The van der Waals surface area contributed by atoms with Crippen molar-refractivity contribution in [1.29, 1.82) is 0 Å². The first kappa shape index (κ1) is 16.9. The number of rotatable bonds is 4. The van der Waals surface area contributed by atoms with Gasteiger partial charge in [0.1, 0.15) is 5.82 Å². The van der Waals surface area contributed by atoms with Crippen LogP contribution < -0.4 is 5.56 Å². The van der Waals surface area contributed by atoms with Crippen molar-refractivity contribution in [2.75, 3.05) is 13.1 Å². The number of aromatic nitrogens is 1. The van der Waals surface area contributed by atoms with E-state index in [9.17, 15) is 17.6 Å². The lowest BCUT2D eigenvalue weighted by Gasteiger charge is -2.19. The molecule has 0 unspecified atom stereocenters. The second-order valence-electron chi connectivity index (χ2n) is 5.95. The molecule has 0 bridgehead atoms. The number of sulfonamides is 1. The third kappa shape index (κ3) is 3.14. The molecule has 1 saturated heterocycles. The lowest BCUT2D eigenvalue weighted by Crippen LogP contribution is -2.30. The lowest BCUT2D eigenvalue weighted by atomic mass is 10.1. The zero-order valence-electron chi connectivity index (χ0n) is 13.4. The topological polar surface area (TPSA) is 59.4 Å². The summed E-state index contributed by atoms with van der Waals surface area (Å²) >= 11 is 0. The molecule has 1 aromatic carbocycles. The van der Waals surface area contributed by atoms with Crippen LogP contribution in [0.25, 0.3) is 0 Å². The van der Waals surface area contributed by atoms with Crippen LogP contribution in [0.5, 0.6) is 0 Å². The molecule has 24 heavy (non-hydrogen) atoms. The Labute approximate surface area is 140 Å². The first-order chi connectivity index (χ1) is 11.4. The van der Waals surface area contributed by atoms with Crippen LogP contribution >= 0.6 is 0 Å². The molecule has 0 amide bonds. The van der Waals surface area contributed by atoms with E-state index in [1.54, 1.807) is 19.1 Å². The van der Waals surface area contributed by atoms with Crippen LogP contribution in [0.15, 0.2) is 52.3 Å². The van der Waals surface area contributed by atoms with Gasteiger partial charge in [-0.3, -0.25) is 4.79 Å². The average molecular weight is 350 g/mol. The molecule has 5 nitrogen and oxygen atoms in total. The van der Waals surface area contributed by atoms with Crippen molar-refractivity contribution in [1.82, 2.24) is 8.87 Å². The van der Waals surface area contributed by atoms with Gasteiger partial charge in [-0.2, -0.15) is 4.31 Å². The first-order valence-corrected chi connectivity index (χ1v) is 9.31. The minimum absolute atomic E-state index is 0.109. The standard InChI is InChI=1S/C17H19FN2O3S/c1-13(14-4-6-15(18)7-5-14)20-12-16(8-9-17(20)21)24(22,23)19-10-2-3-11-19/h4-9,12-13H,2-3,10-11H2,1H3/t13-/m1/s1. The minimum atomic E-state index is -3.59. The molecule has 1 atom stereocenters. The molecule has 1 aliphatic heterocycles. The Morgan fingerprint density at radius 1 is 1.04 bits per heavy atom. The van der Waals surface area contributed by atoms with E-state index in [2.05, 4.69) is 0 Å². The van der Waals surface area contributed by atoms with E-state index in [0.29, 0.717) is 13.1 Å². The van der Waals surface area contributed by atoms with E-state index in [0.717, 1.165) is 18.4 Å². The molecule has 3 rings (SSSR count). The summed E-state index contributed by atoms with van der Waals surface area (Å²) in [5.41, 5.74) is 0.432. The number of hydrogen-bond donors (Lipinski definition) is 0. The van der Waals surface area contributed by atoms with Gasteiger partial charge in [0.05, 0.1) is 10.9 Å². The summed E-state index contributed by atoms with van der Waals surface area (Å²) in [6.07, 6.45) is 3.08. The zero-order chi connectivity index (χ0) is 17.3. The van der Waals surface area contributed by atoms with Gasteiger partial charge >= 0.3 is 0 Å². The molecule has 2 heterocycles. The molecule has 0 aliphatic carbocycles. The Hall–Kier alpha value is -1.99. The van der Waals surface area contributed by atoms with Crippen molar-refractivity contribution >= 4 is 10.0 Å². The van der Waals surface area contributed by atoms with E-state index in [-0.39, 0.29) is 16.3 Å². The molecule has 1 aliphatic rings. The van der Waals surface area contributed by atoms with Gasteiger partial charge in [0.15, 0.2) is 0 Å². The van der Waals surface area contributed by atoms with Gasteiger partial charge in [0.2, 0.25) is 10.0 Å². The van der Waals surface area contributed by atoms with Crippen molar-refractivity contribution in [3.8, 4) is 0 Å². The quantitative estimate of drug-likeness (QED) is 0.851. The highest BCUT2D eigenvalue weighted by Crippen LogP contribution is 2.22. The second kappa shape index (κ2) is 6.49. The van der Waals surface area contributed by atoms with Crippen LogP contribution in [0.3, 0.4) is 0 Å². The van der Waals surface area contributed by atoms with E-state index in [4.69, 9.17) is 0 Å². The molecule has 1 aromatic heterocycles. The van der Waals surface area contributed by atoms with Crippen LogP contribution in [0.4, 0.5) is 4.39 Å². The summed E-state index contributed by atoms with van der Waals surface area (Å²) in [5.74, 6) is -0.358. The van der Waals surface area contributed by atoms with Gasteiger partial charge in [-0.1, -0.05) is 12.1 Å². The highest BCUT2D eigenvalue weighted by atomic mass is 32.2. The molecular formula is C17H19FN2O3S. The van der Waals surface area contributed by atoms with Gasteiger partial charge < -0.3 is 4.57 Å². The SMILES string of the molecule is C[C@H](c1ccc(F)cc1)n1cc(S(=O)(=O)N2CCCC2)ccc1=O. The minimum Gasteiger partial charge on any atom is -0.307 e. The fraction of sp³-hybridized carbons (Fsp3) is 0.353. The molecule has 128 valence electrons. The summed E-state index contributed by atoms with van der Waals surface area (Å²) in [6, 6.07) is 8.05. The maximum absolute atomic E-state index is 13.1. The summed E-state index contributed by atoms with van der Waals surface area (Å²) < 4.78 is 41.2. The lowest BCUT2D eigenvalue weighted by molar-refractivity contribution is 0.475. The average Bonchev–Trinajstić information content (AvgIpc) is 3.10. The highest BCUT2D eigenvalue weighted by Gasteiger charge is 2.28. The van der Waals surface area contributed by atoms with Crippen LogP contribution in [0.1, 0.15) is 31.4 Å². The smallest absolute Gasteiger partial charge is 0.251 e. The highest BCUT2D eigenvalue weighted by molar-refractivity contribution is 7.89. The summed E-state index contributed by atoms with van der Waals surface area (Å²) in [6.45, 7) is 2.80. The molecule has 7 heteroatoms. The molecule has 0 spiro atoms. The van der Waals surface area contributed by atoms with Gasteiger partial charge in [-0.05, 0) is 43.5 Å². The maximum Gasteiger partial charge on any atom is 0.251 e. The summed E-state index contributed by atoms with van der Waals surface area (Å²) in [4.78, 5) is 12.3. The Morgan fingerprint density at radius 2 is 1.67 bits per heavy atom. The normalized spacial score (nSPS) is 17.1. The largest absolute Gasteiger partial charge is 0.307 e. The molecule has 1 fully saturated rings. The number of benzene rings is 1. The van der Waals surface area contributed by atoms with Crippen LogP contribution in [0, 0.1) is 5.82 Å². The van der Waals surface area contributed by atoms with Crippen molar-refractivity contribution < 1.29 is 12.8 Å². The third-order valence-corrected chi connectivity index (χ3v) is 6.27. The van der Waals surface area contributed by atoms with Crippen LogP contribution in [0.2, 0.25) is 0 Å². The third-order valence-electron chi connectivity index (χ3n) is 4.38. The van der Waals surface area contributed by atoms with Gasteiger partial charge in [-0.15, -0.1) is 0 Å². The van der Waals surface area contributed by atoms with E-state index >= 15 is 0 Å². The molecular weight excluding hydrogens is 331 g/mol. The number of pyridine rings is 1. The van der Waals surface area contributed by atoms with Crippen molar-refractivity contribution in [3.05, 3.63) is 64.3 Å². The van der Waals surface area contributed by atoms with E-state index in [1.807, 2.05) is 0 Å². The number of hydrogen-bond acceptors (Lipinski definition) is 3. The predicted octanol–water partition coefficient (Wildman–Crippen LogP) is 2.38. The fourth-order valence-electron chi connectivity index (χ4n) is 2.92. The van der Waals surface area contributed by atoms with Crippen molar-refractivity contribution in [3.63, 3.8) is 0 Å². The molecule has 2 aromatic rings. The summed E-state index contributed by atoms with van der Waals surface area (Å²) in [7, 11) is -3.59. The van der Waals surface area contributed by atoms with Gasteiger partial charge in [0, 0.05) is 25.4 Å². The molecule has 0 radical (unpaired) electrons. The number of halogens is 1. The van der Waals surface area contributed by atoms with Gasteiger partial charge in [0.25, 0.3) is 5.56 Å². The zero-order valence-corrected chi connectivity index (χ0v) is 14.2. The van der Waals surface area contributed by atoms with Crippen molar-refractivity contribution in [2.45, 2.75) is 30.7 Å².